The van der Waals surface area contributed by atoms with Gasteiger partial charge in [0, 0.05) is 30.8 Å². The third kappa shape index (κ3) is 3.36. The topological polar surface area (TPSA) is 59.1 Å². The third-order valence-electron chi connectivity index (χ3n) is 3.16. The second-order valence-corrected chi connectivity index (χ2v) is 4.95. The van der Waals surface area contributed by atoms with Gasteiger partial charge in [0.2, 0.25) is 0 Å². The van der Waals surface area contributed by atoms with Crippen molar-refractivity contribution in [2.24, 2.45) is 0 Å². The second kappa shape index (κ2) is 6.63. The minimum absolute atomic E-state index is 0.577. The zero-order valence-electron chi connectivity index (χ0n) is 12.6. The molecule has 0 aliphatic heterocycles. The smallest absolute Gasteiger partial charge is 0.139 e. The van der Waals surface area contributed by atoms with Gasteiger partial charge in [-0.25, -0.2) is 9.97 Å². The summed E-state index contributed by atoms with van der Waals surface area (Å²) >= 11 is 6.04. The molecule has 1 aromatic heterocycles. The Balaban J connectivity index is 2.38. The minimum Gasteiger partial charge on any atom is -0.495 e. The first-order valence-electron chi connectivity index (χ1n) is 6.74. The normalized spacial score (nSPS) is 10.3. The van der Waals surface area contributed by atoms with Gasteiger partial charge < -0.3 is 15.4 Å². The average molecular weight is 307 g/mol. The van der Waals surface area contributed by atoms with E-state index in [1.54, 1.807) is 13.2 Å². The summed E-state index contributed by atoms with van der Waals surface area (Å²) in [6.45, 7) is 4.00. The van der Waals surface area contributed by atoms with Crippen LogP contribution >= 0.6 is 11.6 Å². The molecule has 0 amide bonds. The van der Waals surface area contributed by atoms with E-state index in [0.29, 0.717) is 10.8 Å². The van der Waals surface area contributed by atoms with Crippen LogP contribution in [0.4, 0.5) is 17.3 Å². The van der Waals surface area contributed by atoms with Crippen LogP contribution in [0.3, 0.4) is 0 Å². The van der Waals surface area contributed by atoms with E-state index in [4.69, 9.17) is 16.3 Å². The average Bonchev–Trinajstić information content (AvgIpc) is 2.51. The molecule has 21 heavy (non-hydrogen) atoms. The van der Waals surface area contributed by atoms with Gasteiger partial charge in [-0.2, -0.15) is 0 Å². The molecule has 0 aliphatic carbocycles. The molecule has 2 rings (SSSR count). The first-order valence-corrected chi connectivity index (χ1v) is 7.12. The van der Waals surface area contributed by atoms with Gasteiger partial charge in [-0.15, -0.1) is 0 Å². The zero-order chi connectivity index (χ0) is 15.4. The van der Waals surface area contributed by atoms with Crippen LogP contribution in [0.15, 0.2) is 18.2 Å². The van der Waals surface area contributed by atoms with E-state index < -0.39 is 0 Å². The van der Waals surface area contributed by atoms with E-state index >= 15 is 0 Å². The fourth-order valence-corrected chi connectivity index (χ4v) is 2.16. The highest BCUT2D eigenvalue weighted by Crippen LogP contribution is 2.30. The highest BCUT2D eigenvalue weighted by Gasteiger charge is 2.10. The third-order valence-corrected chi connectivity index (χ3v) is 3.47. The molecule has 0 unspecified atom stereocenters. The van der Waals surface area contributed by atoms with Gasteiger partial charge in [0.05, 0.1) is 12.1 Å². The van der Waals surface area contributed by atoms with Gasteiger partial charge in [0.1, 0.15) is 23.2 Å². The van der Waals surface area contributed by atoms with E-state index in [9.17, 15) is 0 Å². The molecule has 0 saturated heterocycles. The molecule has 112 valence electrons. The number of hydrogen-bond acceptors (Lipinski definition) is 5. The van der Waals surface area contributed by atoms with Gasteiger partial charge in [-0.05, 0) is 19.1 Å². The molecule has 1 heterocycles. The van der Waals surface area contributed by atoms with E-state index in [-0.39, 0.29) is 0 Å². The molecule has 0 fully saturated rings. The van der Waals surface area contributed by atoms with Crippen LogP contribution in [0.5, 0.6) is 5.75 Å². The van der Waals surface area contributed by atoms with E-state index in [1.165, 1.54) is 0 Å². The zero-order valence-corrected chi connectivity index (χ0v) is 13.4. The molecular weight excluding hydrogens is 288 g/mol. The van der Waals surface area contributed by atoms with Crippen LogP contribution in [0.25, 0.3) is 0 Å². The maximum atomic E-state index is 6.04. The van der Waals surface area contributed by atoms with Gasteiger partial charge in [0.25, 0.3) is 0 Å². The monoisotopic (exact) mass is 306 g/mol. The van der Waals surface area contributed by atoms with Crippen molar-refractivity contribution in [2.45, 2.75) is 20.3 Å². The minimum atomic E-state index is 0.577. The number of nitrogens with one attached hydrogen (secondary N) is 2. The predicted octanol–water partition coefficient (Wildman–Crippen LogP) is 3.79. The van der Waals surface area contributed by atoms with Gasteiger partial charge >= 0.3 is 0 Å². The number of ether oxygens (including phenoxy) is 1. The summed E-state index contributed by atoms with van der Waals surface area (Å²) in [5, 5.41) is 6.96. The number of aromatic nitrogens is 2. The Kier molecular flexibility index (Phi) is 4.85. The van der Waals surface area contributed by atoms with Crippen molar-refractivity contribution in [3.8, 4) is 5.75 Å². The maximum Gasteiger partial charge on any atom is 0.139 e. The van der Waals surface area contributed by atoms with Crippen LogP contribution in [0, 0.1) is 6.92 Å². The Morgan fingerprint density at radius 1 is 1.24 bits per heavy atom. The Morgan fingerprint density at radius 3 is 2.57 bits per heavy atom. The quantitative estimate of drug-likeness (QED) is 0.880. The predicted molar refractivity (Wildman–Crippen MR) is 87.0 cm³/mol. The van der Waals surface area contributed by atoms with Crippen LogP contribution in [0.2, 0.25) is 5.02 Å². The van der Waals surface area contributed by atoms with E-state index in [0.717, 1.165) is 35.1 Å². The number of benzene rings is 1. The standard InChI is InChI=1S/C15H19ClN4O/c1-5-13-19-14(17-3)9(2)15(20-13)18-10-6-7-11(16)12(8-10)21-4/h6-8H,5H2,1-4H3,(H2,17,18,19,20). The maximum absolute atomic E-state index is 6.04. The number of halogens is 1. The van der Waals surface area contributed by atoms with Crippen molar-refractivity contribution < 1.29 is 4.74 Å². The largest absolute Gasteiger partial charge is 0.495 e. The number of hydrogen-bond donors (Lipinski definition) is 2. The lowest BCUT2D eigenvalue weighted by Crippen LogP contribution is -2.06. The molecule has 0 saturated carbocycles. The Bertz CT molecular complexity index is 646. The van der Waals surface area contributed by atoms with Crippen molar-refractivity contribution >= 4 is 28.9 Å². The second-order valence-electron chi connectivity index (χ2n) is 4.54. The van der Waals surface area contributed by atoms with Gasteiger partial charge in [-0.3, -0.25) is 0 Å². The van der Waals surface area contributed by atoms with Crippen molar-refractivity contribution in [1.82, 2.24) is 9.97 Å². The number of rotatable bonds is 5. The van der Waals surface area contributed by atoms with Crippen LogP contribution in [-0.2, 0) is 6.42 Å². The number of anilines is 3. The lowest BCUT2D eigenvalue weighted by atomic mass is 10.2. The first kappa shape index (κ1) is 15.4. The van der Waals surface area contributed by atoms with Crippen molar-refractivity contribution in [3.63, 3.8) is 0 Å². The summed E-state index contributed by atoms with van der Waals surface area (Å²) < 4.78 is 5.23. The summed E-state index contributed by atoms with van der Waals surface area (Å²) in [5.74, 6) is 3.01. The molecule has 6 heteroatoms. The fraction of sp³-hybridized carbons (Fsp3) is 0.333. The Hall–Kier alpha value is -2.01. The molecule has 1 aromatic carbocycles. The molecule has 0 spiro atoms. The number of aryl methyl sites for hydroxylation is 1. The molecule has 5 nitrogen and oxygen atoms in total. The lowest BCUT2D eigenvalue weighted by Gasteiger charge is -2.14. The number of nitrogens with zero attached hydrogens (tertiary/aromatic N) is 2. The van der Waals surface area contributed by atoms with E-state index in [2.05, 4.69) is 20.6 Å². The summed E-state index contributed by atoms with van der Waals surface area (Å²) in [6.07, 6.45) is 0.771. The molecule has 0 bridgehead atoms. The van der Waals surface area contributed by atoms with Crippen LogP contribution < -0.4 is 15.4 Å². The summed E-state index contributed by atoms with van der Waals surface area (Å²) in [4.78, 5) is 8.99. The van der Waals surface area contributed by atoms with Crippen molar-refractivity contribution in [3.05, 3.63) is 34.6 Å². The van der Waals surface area contributed by atoms with Crippen molar-refractivity contribution in [1.29, 1.82) is 0 Å². The lowest BCUT2D eigenvalue weighted by molar-refractivity contribution is 0.415. The highest BCUT2D eigenvalue weighted by atomic mass is 35.5. The fourth-order valence-electron chi connectivity index (χ4n) is 1.96. The SMILES string of the molecule is CCc1nc(NC)c(C)c(Nc2ccc(Cl)c(OC)c2)n1. The molecular formula is C15H19ClN4O. The van der Waals surface area contributed by atoms with Gasteiger partial charge in [-0.1, -0.05) is 18.5 Å². The Labute approximate surface area is 129 Å². The van der Waals surface area contributed by atoms with Crippen LogP contribution in [-0.4, -0.2) is 24.1 Å². The summed E-state index contributed by atoms with van der Waals surface area (Å²) in [5.41, 5.74) is 1.82. The first-order chi connectivity index (χ1) is 10.1. The van der Waals surface area contributed by atoms with Crippen molar-refractivity contribution in [2.75, 3.05) is 24.8 Å². The number of methoxy groups -OCH3 is 1. The molecule has 0 radical (unpaired) electrons. The summed E-state index contributed by atoms with van der Waals surface area (Å²) in [7, 11) is 3.44. The van der Waals surface area contributed by atoms with Crippen LogP contribution in [0.1, 0.15) is 18.3 Å². The van der Waals surface area contributed by atoms with E-state index in [1.807, 2.05) is 33.0 Å². The molecule has 0 atom stereocenters. The summed E-state index contributed by atoms with van der Waals surface area (Å²) in [6, 6.07) is 5.52. The Morgan fingerprint density at radius 2 is 1.95 bits per heavy atom. The highest BCUT2D eigenvalue weighted by molar-refractivity contribution is 6.32. The molecule has 2 N–H and O–H groups in total. The van der Waals surface area contributed by atoms with Gasteiger partial charge in [0.15, 0.2) is 0 Å². The molecule has 2 aromatic rings. The molecule has 0 aliphatic rings.